The van der Waals surface area contributed by atoms with Gasteiger partial charge in [-0.3, -0.25) is 0 Å². The van der Waals surface area contributed by atoms with E-state index in [0.29, 0.717) is 0 Å². The topological polar surface area (TPSA) is 12.0 Å². The Morgan fingerprint density at radius 1 is 1.21 bits per heavy atom. The third-order valence-electron chi connectivity index (χ3n) is 2.27. The summed E-state index contributed by atoms with van der Waals surface area (Å²) < 4.78 is 0. The smallest absolute Gasteiger partial charge is 0.0484 e. The molecule has 0 amide bonds. The fraction of sp³-hybridized carbons (Fsp3) is 0.167. The second-order valence-corrected chi connectivity index (χ2v) is 3.73. The molecule has 0 spiro atoms. The maximum absolute atomic E-state index is 6.07. The molecule has 1 N–H and O–H groups in total. The van der Waals surface area contributed by atoms with E-state index in [1.54, 1.807) is 0 Å². The van der Waals surface area contributed by atoms with Crippen LogP contribution in [0.15, 0.2) is 36.4 Å². The van der Waals surface area contributed by atoms with E-state index in [4.69, 9.17) is 11.6 Å². The zero-order valence-corrected chi connectivity index (χ0v) is 8.81. The van der Waals surface area contributed by atoms with Crippen molar-refractivity contribution in [1.29, 1.82) is 0 Å². The van der Waals surface area contributed by atoms with Crippen molar-refractivity contribution < 1.29 is 0 Å². The predicted octanol–water partition coefficient (Wildman–Crippen LogP) is 3.21. The Labute approximate surface area is 88.7 Å². The van der Waals surface area contributed by atoms with Crippen LogP contribution in [-0.2, 0) is 6.54 Å². The third-order valence-corrected chi connectivity index (χ3v) is 2.60. The fourth-order valence-electron chi connectivity index (χ4n) is 1.61. The molecule has 0 aliphatic rings. The second-order valence-electron chi connectivity index (χ2n) is 3.33. The second kappa shape index (κ2) is 3.99. The first-order chi connectivity index (χ1) is 6.81. The van der Waals surface area contributed by atoms with Crippen LogP contribution in [0.25, 0.3) is 10.8 Å². The molecule has 0 unspecified atom stereocenters. The highest BCUT2D eigenvalue weighted by Crippen LogP contribution is 2.23. The Morgan fingerprint density at radius 2 is 2.07 bits per heavy atom. The molecule has 0 aliphatic carbocycles. The van der Waals surface area contributed by atoms with Gasteiger partial charge in [0.1, 0.15) is 0 Å². The van der Waals surface area contributed by atoms with Crippen molar-refractivity contribution in [3.05, 3.63) is 47.0 Å². The van der Waals surface area contributed by atoms with Crippen LogP contribution in [0.2, 0.25) is 5.02 Å². The summed E-state index contributed by atoms with van der Waals surface area (Å²) in [5.74, 6) is 0. The molecule has 72 valence electrons. The highest BCUT2D eigenvalue weighted by atomic mass is 35.5. The van der Waals surface area contributed by atoms with Crippen LogP contribution in [-0.4, -0.2) is 7.05 Å². The van der Waals surface area contributed by atoms with E-state index >= 15 is 0 Å². The van der Waals surface area contributed by atoms with E-state index < -0.39 is 0 Å². The van der Waals surface area contributed by atoms with E-state index in [2.05, 4.69) is 29.6 Å². The van der Waals surface area contributed by atoms with Crippen LogP contribution in [0.5, 0.6) is 0 Å². The van der Waals surface area contributed by atoms with Crippen molar-refractivity contribution in [2.24, 2.45) is 0 Å². The summed E-state index contributed by atoms with van der Waals surface area (Å²) in [6, 6.07) is 12.3. The number of halogens is 1. The summed E-state index contributed by atoms with van der Waals surface area (Å²) in [4.78, 5) is 0. The van der Waals surface area contributed by atoms with Gasteiger partial charge in [-0.2, -0.15) is 0 Å². The lowest BCUT2D eigenvalue weighted by Gasteiger charge is -2.04. The molecule has 0 atom stereocenters. The molecule has 1 nitrogen and oxygen atoms in total. The molecule has 2 aromatic carbocycles. The Kier molecular flexibility index (Phi) is 2.71. The van der Waals surface area contributed by atoms with Crippen molar-refractivity contribution in [3.63, 3.8) is 0 Å². The Balaban J connectivity index is 2.56. The third kappa shape index (κ3) is 1.74. The van der Waals surface area contributed by atoms with Crippen LogP contribution >= 0.6 is 11.6 Å². The van der Waals surface area contributed by atoms with E-state index in [9.17, 15) is 0 Å². The van der Waals surface area contributed by atoms with Crippen LogP contribution in [0.4, 0.5) is 0 Å². The van der Waals surface area contributed by atoms with Crippen molar-refractivity contribution >= 4 is 22.4 Å². The summed E-state index contributed by atoms with van der Waals surface area (Å²) in [5.41, 5.74) is 1.28. The molecular weight excluding hydrogens is 194 g/mol. The summed E-state index contributed by atoms with van der Waals surface area (Å²) in [5, 5.41) is 6.27. The van der Waals surface area contributed by atoms with Gasteiger partial charge in [0, 0.05) is 17.0 Å². The molecule has 0 fully saturated rings. The molecule has 2 rings (SSSR count). The average molecular weight is 206 g/mol. The molecular formula is C12H12ClN. The Bertz CT molecular complexity index is 451. The molecule has 2 heteroatoms. The van der Waals surface area contributed by atoms with Gasteiger partial charge in [-0.25, -0.2) is 0 Å². The average Bonchev–Trinajstić information content (AvgIpc) is 2.18. The van der Waals surface area contributed by atoms with E-state index in [1.165, 1.54) is 10.9 Å². The molecule has 2 aromatic rings. The normalized spacial score (nSPS) is 10.7. The van der Waals surface area contributed by atoms with Gasteiger partial charge in [0.2, 0.25) is 0 Å². The van der Waals surface area contributed by atoms with Gasteiger partial charge in [0.15, 0.2) is 0 Å². The Morgan fingerprint density at radius 3 is 2.86 bits per heavy atom. The predicted molar refractivity (Wildman–Crippen MR) is 61.7 cm³/mol. The molecule has 0 saturated carbocycles. The summed E-state index contributed by atoms with van der Waals surface area (Å²) in [6.45, 7) is 0.891. The molecule has 0 radical (unpaired) electrons. The first-order valence-electron chi connectivity index (χ1n) is 4.63. The van der Waals surface area contributed by atoms with Crippen molar-refractivity contribution in [2.45, 2.75) is 6.54 Å². The minimum absolute atomic E-state index is 0.818. The lowest BCUT2D eigenvalue weighted by atomic mass is 10.1. The largest absolute Gasteiger partial charge is 0.316 e. The van der Waals surface area contributed by atoms with Gasteiger partial charge in [-0.05, 0) is 30.1 Å². The number of hydrogen-bond acceptors (Lipinski definition) is 1. The number of nitrogens with one attached hydrogen (secondary N) is 1. The summed E-state index contributed by atoms with van der Waals surface area (Å²) in [7, 11) is 1.95. The minimum atomic E-state index is 0.818. The Hall–Kier alpha value is -1.05. The molecule has 0 aromatic heterocycles. The van der Waals surface area contributed by atoms with Gasteiger partial charge in [0.25, 0.3) is 0 Å². The maximum Gasteiger partial charge on any atom is 0.0484 e. The van der Waals surface area contributed by atoms with Gasteiger partial charge in [-0.15, -0.1) is 0 Å². The zero-order valence-electron chi connectivity index (χ0n) is 8.05. The van der Waals surface area contributed by atoms with E-state index in [-0.39, 0.29) is 0 Å². The van der Waals surface area contributed by atoms with E-state index in [1.807, 2.05) is 19.2 Å². The quantitative estimate of drug-likeness (QED) is 0.794. The standard InChI is InChI=1S/C12H12ClN/c1-14-8-9-5-6-11-10(7-9)3-2-4-12(11)13/h2-7,14H,8H2,1H3. The van der Waals surface area contributed by atoms with E-state index in [0.717, 1.165) is 17.0 Å². The van der Waals surface area contributed by atoms with Crippen molar-refractivity contribution in [1.82, 2.24) is 5.32 Å². The highest BCUT2D eigenvalue weighted by molar-refractivity contribution is 6.35. The van der Waals surface area contributed by atoms with Crippen LogP contribution in [0.3, 0.4) is 0 Å². The zero-order chi connectivity index (χ0) is 9.97. The summed E-state index contributed by atoms with van der Waals surface area (Å²) in [6.07, 6.45) is 0. The number of benzene rings is 2. The minimum Gasteiger partial charge on any atom is -0.316 e. The number of hydrogen-bond donors (Lipinski definition) is 1. The van der Waals surface area contributed by atoms with Gasteiger partial charge in [-0.1, -0.05) is 35.9 Å². The first-order valence-corrected chi connectivity index (χ1v) is 5.01. The SMILES string of the molecule is CNCc1ccc2c(Cl)cccc2c1. The molecule has 0 saturated heterocycles. The summed E-state index contributed by atoms with van der Waals surface area (Å²) >= 11 is 6.07. The van der Waals surface area contributed by atoms with Crippen LogP contribution in [0.1, 0.15) is 5.56 Å². The first kappa shape index (κ1) is 9.50. The lowest BCUT2D eigenvalue weighted by Crippen LogP contribution is -2.04. The fourth-order valence-corrected chi connectivity index (χ4v) is 1.85. The maximum atomic E-state index is 6.07. The lowest BCUT2D eigenvalue weighted by molar-refractivity contribution is 0.819. The van der Waals surface area contributed by atoms with Crippen LogP contribution in [0, 0.1) is 0 Å². The van der Waals surface area contributed by atoms with Crippen LogP contribution < -0.4 is 5.32 Å². The van der Waals surface area contributed by atoms with Gasteiger partial charge in [0.05, 0.1) is 0 Å². The highest BCUT2D eigenvalue weighted by Gasteiger charge is 1.98. The molecule has 14 heavy (non-hydrogen) atoms. The molecule has 0 heterocycles. The molecule has 0 aliphatic heterocycles. The number of fused-ring (bicyclic) bond motifs is 1. The van der Waals surface area contributed by atoms with Gasteiger partial charge < -0.3 is 5.32 Å². The molecule has 0 bridgehead atoms. The number of rotatable bonds is 2. The monoisotopic (exact) mass is 205 g/mol. The van der Waals surface area contributed by atoms with Crippen molar-refractivity contribution in [2.75, 3.05) is 7.05 Å². The van der Waals surface area contributed by atoms with Crippen molar-refractivity contribution in [3.8, 4) is 0 Å². The van der Waals surface area contributed by atoms with Gasteiger partial charge >= 0.3 is 0 Å².